The zero-order valence-corrected chi connectivity index (χ0v) is 9.45. The van der Waals surface area contributed by atoms with Gasteiger partial charge >= 0.3 is 5.97 Å². The van der Waals surface area contributed by atoms with Crippen molar-refractivity contribution >= 4 is 23.5 Å². The fourth-order valence-corrected chi connectivity index (χ4v) is 1.39. The van der Waals surface area contributed by atoms with Crippen LogP contribution in [0.15, 0.2) is 36.0 Å². The van der Waals surface area contributed by atoms with Crippen LogP contribution in [0.4, 0.5) is 0 Å². The molecule has 2 rings (SSSR count). The number of amides is 1. The Balaban J connectivity index is 1.93. The number of carbonyl (C=O) groups is 2. The second-order valence-electron chi connectivity index (χ2n) is 3.30. The summed E-state index contributed by atoms with van der Waals surface area (Å²) in [6, 6.07) is 6.39. The highest BCUT2D eigenvalue weighted by Crippen LogP contribution is 2.09. The normalized spacial score (nSPS) is 13.9. The number of halogens is 1. The Hall–Kier alpha value is -2.01. The quantitative estimate of drug-likeness (QED) is 0.623. The zero-order valence-electron chi connectivity index (χ0n) is 8.70. The molecule has 0 bridgehead atoms. The first-order chi connectivity index (χ1) is 8.16. The van der Waals surface area contributed by atoms with E-state index in [4.69, 9.17) is 11.6 Å². The van der Waals surface area contributed by atoms with Crippen LogP contribution in [0.3, 0.4) is 0 Å². The molecular weight excluding hydrogens is 244 g/mol. The SMILES string of the molecule is O=C1OCC=C1NNC(=O)c1ccc(Cl)cc1. The molecule has 0 aliphatic carbocycles. The molecule has 0 saturated carbocycles. The molecule has 1 aliphatic rings. The smallest absolute Gasteiger partial charge is 0.356 e. The molecule has 1 aromatic rings. The average molecular weight is 253 g/mol. The van der Waals surface area contributed by atoms with E-state index in [1.807, 2.05) is 0 Å². The van der Waals surface area contributed by atoms with Crippen LogP contribution in [0, 0.1) is 0 Å². The largest absolute Gasteiger partial charge is 0.457 e. The van der Waals surface area contributed by atoms with Gasteiger partial charge in [-0.1, -0.05) is 11.6 Å². The van der Waals surface area contributed by atoms with Crippen molar-refractivity contribution in [3.8, 4) is 0 Å². The molecule has 88 valence electrons. The lowest BCUT2D eigenvalue weighted by Gasteiger charge is -2.07. The number of hydrogen-bond donors (Lipinski definition) is 2. The molecule has 0 atom stereocenters. The average Bonchev–Trinajstić information content (AvgIpc) is 2.73. The van der Waals surface area contributed by atoms with Crippen LogP contribution >= 0.6 is 11.6 Å². The minimum Gasteiger partial charge on any atom is -0.457 e. The molecule has 1 aliphatic heterocycles. The molecule has 0 unspecified atom stereocenters. The molecule has 2 N–H and O–H groups in total. The van der Waals surface area contributed by atoms with E-state index in [2.05, 4.69) is 15.6 Å². The highest BCUT2D eigenvalue weighted by atomic mass is 35.5. The Bertz CT molecular complexity index is 482. The second-order valence-corrected chi connectivity index (χ2v) is 3.74. The molecule has 1 amide bonds. The maximum Gasteiger partial charge on any atom is 0.356 e. The highest BCUT2D eigenvalue weighted by molar-refractivity contribution is 6.30. The molecule has 5 nitrogen and oxygen atoms in total. The first-order valence-corrected chi connectivity index (χ1v) is 5.24. The fourth-order valence-electron chi connectivity index (χ4n) is 1.26. The van der Waals surface area contributed by atoms with E-state index in [0.29, 0.717) is 10.6 Å². The summed E-state index contributed by atoms with van der Waals surface area (Å²) >= 11 is 5.70. The Morgan fingerprint density at radius 1 is 1.29 bits per heavy atom. The van der Waals surface area contributed by atoms with Crippen molar-refractivity contribution in [2.75, 3.05) is 6.61 Å². The monoisotopic (exact) mass is 252 g/mol. The van der Waals surface area contributed by atoms with Crippen LogP contribution in [0.25, 0.3) is 0 Å². The maximum absolute atomic E-state index is 11.6. The van der Waals surface area contributed by atoms with Gasteiger partial charge in [-0.25, -0.2) is 4.79 Å². The summed E-state index contributed by atoms with van der Waals surface area (Å²) < 4.78 is 4.66. The summed E-state index contributed by atoms with van der Waals surface area (Å²) in [6.45, 7) is 0.220. The van der Waals surface area contributed by atoms with Crippen molar-refractivity contribution in [2.24, 2.45) is 0 Å². The lowest BCUT2D eigenvalue weighted by molar-refractivity contribution is -0.136. The summed E-state index contributed by atoms with van der Waals surface area (Å²) in [4.78, 5) is 22.7. The standard InChI is InChI=1S/C11H9ClN2O3/c12-8-3-1-7(2-4-8)10(15)14-13-9-5-6-17-11(9)16/h1-5,13H,6H2,(H,14,15). The number of benzene rings is 1. The van der Waals surface area contributed by atoms with Crippen molar-refractivity contribution in [3.63, 3.8) is 0 Å². The topological polar surface area (TPSA) is 67.4 Å². The molecule has 17 heavy (non-hydrogen) atoms. The third kappa shape index (κ3) is 2.76. The number of ether oxygens (including phenoxy) is 1. The van der Waals surface area contributed by atoms with Crippen LogP contribution in [0.5, 0.6) is 0 Å². The first kappa shape index (κ1) is 11.5. The summed E-state index contributed by atoms with van der Waals surface area (Å²) in [7, 11) is 0. The second kappa shape index (κ2) is 4.88. The molecule has 1 aromatic carbocycles. The number of esters is 1. The molecule has 0 spiro atoms. The third-order valence-corrected chi connectivity index (χ3v) is 2.39. The van der Waals surface area contributed by atoms with E-state index in [1.54, 1.807) is 30.3 Å². The minimum atomic E-state index is -0.485. The van der Waals surface area contributed by atoms with Crippen molar-refractivity contribution in [1.29, 1.82) is 0 Å². The highest BCUT2D eigenvalue weighted by Gasteiger charge is 2.17. The van der Waals surface area contributed by atoms with Crippen molar-refractivity contribution < 1.29 is 14.3 Å². The van der Waals surface area contributed by atoms with Crippen molar-refractivity contribution in [1.82, 2.24) is 10.9 Å². The van der Waals surface area contributed by atoms with Crippen LogP contribution in [-0.2, 0) is 9.53 Å². The van der Waals surface area contributed by atoms with Crippen LogP contribution in [0.2, 0.25) is 5.02 Å². The summed E-state index contributed by atoms with van der Waals surface area (Å²) in [5.41, 5.74) is 5.56. The number of hydrazine groups is 1. The fraction of sp³-hybridized carbons (Fsp3) is 0.0909. The Morgan fingerprint density at radius 2 is 2.00 bits per heavy atom. The molecule has 6 heteroatoms. The van der Waals surface area contributed by atoms with E-state index >= 15 is 0 Å². The van der Waals surface area contributed by atoms with Crippen LogP contribution in [-0.4, -0.2) is 18.5 Å². The molecule has 0 fully saturated rings. The number of nitrogens with one attached hydrogen (secondary N) is 2. The van der Waals surface area contributed by atoms with Gasteiger partial charge in [-0.05, 0) is 30.3 Å². The number of rotatable bonds is 3. The van der Waals surface area contributed by atoms with Gasteiger partial charge in [0, 0.05) is 10.6 Å². The maximum atomic E-state index is 11.6. The Kier molecular flexibility index (Phi) is 3.30. The van der Waals surface area contributed by atoms with E-state index in [1.165, 1.54) is 0 Å². The summed E-state index contributed by atoms with van der Waals surface area (Å²) in [5.74, 6) is -0.844. The predicted molar refractivity (Wildman–Crippen MR) is 61.1 cm³/mol. The number of hydrogen-bond acceptors (Lipinski definition) is 4. The molecule has 1 heterocycles. The summed E-state index contributed by atoms with van der Waals surface area (Å²) in [5, 5.41) is 0.552. The number of carbonyl (C=O) groups excluding carboxylic acids is 2. The van der Waals surface area contributed by atoms with E-state index in [0.717, 1.165) is 0 Å². The molecule has 0 aromatic heterocycles. The van der Waals surface area contributed by atoms with Crippen molar-refractivity contribution in [2.45, 2.75) is 0 Å². The van der Waals surface area contributed by atoms with Gasteiger partial charge in [-0.3, -0.25) is 15.6 Å². The van der Waals surface area contributed by atoms with Crippen molar-refractivity contribution in [3.05, 3.63) is 46.6 Å². The van der Waals surface area contributed by atoms with Gasteiger partial charge < -0.3 is 4.74 Å². The van der Waals surface area contributed by atoms with Gasteiger partial charge in [0.1, 0.15) is 12.3 Å². The van der Waals surface area contributed by atoms with E-state index in [-0.39, 0.29) is 18.2 Å². The molecule has 0 saturated heterocycles. The van der Waals surface area contributed by atoms with Crippen LogP contribution in [0.1, 0.15) is 10.4 Å². The Labute approximate surface area is 102 Å². The molecular formula is C11H9ClN2O3. The van der Waals surface area contributed by atoms with Gasteiger partial charge in [0.15, 0.2) is 0 Å². The zero-order chi connectivity index (χ0) is 12.3. The molecule has 0 radical (unpaired) electrons. The lowest BCUT2D eigenvalue weighted by atomic mass is 10.2. The van der Waals surface area contributed by atoms with Gasteiger partial charge in [0.05, 0.1) is 0 Å². The van der Waals surface area contributed by atoms with Gasteiger partial charge in [-0.2, -0.15) is 0 Å². The third-order valence-electron chi connectivity index (χ3n) is 2.14. The minimum absolute atomic E-state index is 0.220. The first-order valence-electron chi connectivity index (χ1n) is 4.86. The summed E-state index contributed by atoms with van der Waals surface area (Å²) in [6.07, 6.45) is 1.55. The van der Waals surface area contributed by atoms with Gasteiger partial charge in [-0.15, -0.1) is 0 Å². The van der Waals surface area contributed by atoms with E-state index < -0.39 is 5.97 Å². The predicted octanol–water partition coefficient (Wildman–Crippen LogP) is 1.02. The number of cyclic esters (lactones) is 1. The van der Waals surface area contributed by atoms with Crippen LogP contribution < -0.4 is 10.9 Å². The van der Waals surface area contributed by atoms with E-state index in [9.17, 15) is 9.59 Å². The Morgan fingerprint density at radius 3 is 2.59 bits per heavy atom. The van der Waals surface area contributed by atoms with Gasteiger partial charge in [0.25, 0.3) is 5.91 Å². The van der Waals surface area contributed by atoms with Gasteiger partial charge in [0.2, 0.25) is 0 Å². The lowest BCUT2D eigenvalue weighted by Crippen LogP contribution is -2.38.